The van der Waals surface area contributed by atoms with Gasteiger partial charge in [-0.05, 0) is 0 Å². The Hall–Kier alpha value is -2.30. The third-order valence-corrected chi connectivity index (χ3v) is 2.18. The largest absolute Gasteiger partial charge is 0.433 e. The minimum absolute atomic E-state index is 0.0364. The third-order valence-electron chi connectivity index (χ3n) is 2.18. The molecule has 0 aliphatic rings. The average Bonchev–Trinajstić information content (AvgIpc) is 2.81. The van der Waals surface area contributed by atoms with E-state index in [1.807, 2.05) is 5.10 Å². The van der Waals surface area contributed by atoms with Crippen LogP contribution in [-0.4, -0.2) is 19.7 Å². The van der Waals surface area contributed by atoms with Crippen molar-refractivity contribution < 1.29 is 13.2 Å². The lowest BCUT2D eigenvalue weighted by Crippen LogP contribution is -2.07. The van der Waals surface area contributed by atoms with Crippen LogP contribution in [0.5, 0.6) is 0 Å². The van der Waals surface area contributed by atoms with Crippen molar-refractivity contribution >= 4 is 0 Å². The quantitative estimate of drug-likeness (QED) is 0.826. The van der Waals surface area contributed by atoms with Crippen LogP contribution in [0.1, 0.15) is 11.5 Å². The van der Waals surface area contributed by atoms with E-state index in [1.54, 1.807) is 6.07 Å². The molecule has 8 heteroatoms. The van der Waals surface area contributed by atoms with Gasteiger partial charge in [-0.3, -0.25) is 5.10 Å². The predicted octanol–water partition coefficient (Wildman–Crippen LogP) is 1.70. The van der Waals surface area contributed by atoms with Crippen LogP contribution in [0.15, 0.2) is 12.4 Å². The highest BCUT2D eigenvalue weighted by atomic mass is 19.4. The molecule has 2 aromatic rings. The first-order valence-electron chi connectivity index (χ1n) is 4.48. The summed E-state index contributed by atoms with van der Waals surface area (Å²) in [5.74, 6) is 0.0364. The first kappa shape index (κ1) is 11.2. The number of aromatic amines is 1. The maximum atomic E-state index is 12.6. The predicted molar refractivity (Wildman–Crippen MR) is 50.5 cm³/mol. The highest BCUT2D eigenvalue weighted by molar-refractivity contribution is 5.61. The number of imidazole rings is 1. The number of hydrogen-bond donors (Lipinski definition) is 1. The summed E-state index contributed by atoms with van der Waals surface area (Å²) in [6.45, 7) is 0. The molecule has 1 N–H and O–H groups in total. The standard InChI is InChI=1S/C9H6F3N5/c1-17-4-6(15-7(17)2-13)5-3-14-16-8(5)9(10,11)12/h3-4H,1H3,(H,14,16). The van der Waals surface area contributed by atoms with Crippen LogP contribution in [0, 0.1) is 11.3 Å². The normalized spacial score (nSPS) is 11.5. The second kappa shape index (κ2) is 3.62. The molecule has 0 bridgehead atoms. The van der Waals surface area contributed by atoms with E-state index in [0.29, 0.717) is 0 Å². The first-order chi connectivity index (χ1) is 7.93. The van der Waals surface area contributed by atoms with Crippen molar-refractivity contribution in [2.24, 2.45) is 7.05 Å². The Morgan fingerprint density at radius 1 is 1.47 bits per heavy atom. The SMILES string of the molecule is Cn1cc(-c2cn[nH]c2C(F)(F)F)nc1C#N. The highest BCUT2D eigenvalue weighted by Crippen LogP contribution is 2.34. The Kier molecular flexibility index (Phi) is 2.38. The van der Waals surface area contributed by atoms with E-state index in [1.165, 1.54) is 17.8 Å². The lowest BCUT2D eigenvalue weighted by molar-refractivity contribution is -0.140. The number of aryl methyl sites for hydroxylation is 1. The monoisotopic (exact) mass is 241 g/mol. The highest BCUT2D eigenvalue weighted by Gasteiger charge is 2.36. The molecule has 5 nitrogen and oxygen atoms in total. The summed E-state index contributed by atoms with van der Waals surface area (Å²) in [4.78, 5) is 3.79. The van der Waals surface area contributed by atoms with Gasteiger partial charge < -0.3 is 4.57 Å². The van der Waals surface area contributed by atoms with Crippen molar-refractivity contribution in [2.75, 3.05) is 0 Å². The Morgan fingerprint density at radius 3 is 2.71 bits per heavy atom. The Morgan fingerprint density at radius 2 is 2.18 bits per heavy atom. The lowest BCUT2D eigenvalue weighted by Gasteiger charge is -2.04. The molecule has 0 radical (unpaired) electrons. The Balaban J connectivity index is 2.55. The van der Waals surface area contributed by atoms with E-state index in [-0.39, 0.29) is 17.1 Å². The van der Waals surface area contributed by atoms with Gasteiger partial charge in [-0.2, -0.15) is 23.5 Å². The number of nitrogens with one attached hydrogen (secondary N) is 1. The second-order valence-electron chi connectivity index (χ2n) is 3.33. The van der Waals surface area contributed by atoms with Crippen molar-refractivity contribution in [2.45, 2.75) is 6.18 Å². The smallest absolute Gasteiger partial charge is 0.325 e. The van der Waals surface area contributed by atoms with Gasteiger partial charge in [0.25, 0.3) is 0 Å². The summed E-state index contributed by atoms with van der Waals surface area (Å²) < 4.78 is 39.1. The molecule has 0 spiro atoms. The number of alkyl halides is 3. The van der Waals surface area contributed by atoms with Crippen molar-refractivity contribution in [1.82, 2.24) is 19.7 Å². The van der Waals surface area contributed by atoms with Gasteiger partial charge in [-0.1, -0.05) is 0 Å². The van der Waals surface area contributed by atoms with Gasteiger partial charge in [0.1, 0.15) is 11.8 Å². The van der Waals surface area contributed by atoms with Crippen molar-refractivity contribution in [3.63, 3.8) is 0 Å². The molecular weight excluding hydrogens is 235 g/mol. The Bertz CT molecular complexity index is 587. The molecule has 0 saturated carbocycles. The van der Waals surface area contributed by atoms with Gasteiger partial charge in [-0.25, -0.2) is 4.98 Å². The number of nitriles is 1. The summed E-state index contributed by atoms with van der Waals surface area (Å²) in [6.07, 6.45) is -2.15. The molecule has 17 heavy (non-hydrogen) atoms. The van der Waals surface area contributed by atoms with E-state index < -0.39 is 11.9 Å². The maximum absolute atomic E-state index is 12.6. The summed E-state index contributed by atoms with van der Waals surface area (Å²) >= 11 is 0. The zero-order valence-electron chi connectivity index (χ0n) is 8.58. The molecule has 0 aliphatic carbocycles. The maximum Gasteiger partial charge on any atom is 0.433 e. The van der Waals surface area contributed by atoms with Crippen LogP contribution in [0.4, 0.5) is 13.2 Å². The number of hydrogen-bond acceptors (Lipinski definition) is 3. The van der Waals surface area contributed by atoms with Crippen molar-refractivity contribution in [3.8, 4) is 17.3 Å². The van der Waals surface area contributed by atoms with E-state index in [9.17, 15) is 13.2 Å². The molecule has 2 rings (SSSR count). The van der Waals surface area contributed by atoms with Gasteiger partial charge in [-0.15, -0.1) is 0 Å². The molecule has 0 amide bonds. The van der Waals surface area contributed by atoms with Gasteiger partial charge in [0.05, 0.1) is 17.5 Å². The molecular formula is C9H6F3N5. The fourth-order valence-corrected chi connectivity index (χ4v) is 1.40. The summed E-state index contributed by atoms with van der Waals surface area (Å²) in [5, 5.41) is 13.9. The molecule has 0 atom stereocenters. The summed E-state index contributed by atoms with van der Waals surface area (Å²) in [6, 6.07) is 1.78. The van der Waals surface area contributed by atoms with Gasteiger partial charge in [0.15, 0.2) is 0 Å². The van der Waals surface area contributed by atoms with E-state index >= 15 is 0 Å². The minimum Gasteiger partial charge on any atom is -0.325 e. The molecule has 0 fully saturated rings. The number of nitrogens with zero attached hydrogens (tertiary/aromatic N) is 4. The van der Waals surface area contributed by atoms with Gasteiger partial charge in [0.2, 0.25) is 5.82 Å². The first-order valence-corrected chi connectivity index (χ1v) is 4.48. The number of halogens is 3. The summed E-state index contributed by atoms with van der Waals surface area (Å²) in [5.41, 5.74) is -1.08. The van der Waals surface area contributed by atoms with Crippen LogP contribution in [0.3, 0.4) is 0 Å². The lowest BCUT2D eigenvalue weighted by atomic mass is 10.2. The third kappa shape index (κ3) is 1.87. The van der Waals surface area contributed by atoms with Crippen LogP contribution >= 0.6 is 0 Å². The van der Waals surface area contributed by atoms with Crippen molar-refractivity contribution in [1.29, 1.82) is 5.26 Å². The summed E-state index contributed by atoms with van der Waals surface area (Å²) in [7, 11) is 1.53. The Labute approximate surface area is 93.5 Å². The van der Waals surface area contributed by atoms with Gasteiger partial charge >= 0.3 is 6.18 Å². The molecule has 0 aliphatic heterocycles. The fraction of sp³-hybridized carbons (Fsp3) is 0.222. The van der Waals surface area contributed by atoms with E-state index in [0.717, 1.165) is 6.20 Å². The number of rotatable bonds is 1. The molecule has 2 heterocycles. The average molecular weight is 241 g/mol. The molecule has 0 saturated heterocycles. The van der Waals surface area contributed by atoms with Crippen molar-refractivity contribution in [3.05, 3.63) is 23.9 Å². The van der Waals surface area contributed by atoms with E-state index in [2.05, 4.69) is 10.1 Å². The molecule has 88 valence electrons. The van der Waals surface area contributed by atoms with Crippen LogP contribution < -0.4 is 0 Å². The number of aromatic nitrogens is 4. The molecule has 0 unspecified atom stereocenters. The topological polar surface area (TPSA) is 70.3 Å². The molecule has 2 aromatic heterocycles. The zero-order chi connectivity index (χ0) is 12.6. The zero-order valence-corrected chi connectivity index (χ0v) is 8.58. The molecule has 0 aromatic carbocycles. The second-order valence-corrected chi connectivity index (χ2v) is 3.33. The van der Waals surface area contributed by atoms with Crippen LogP contribution in [-0.2, 0) is 13.2 Å². The van der Waals surface area contributed by atoms with E-state index in [4.69, 9.17) is 5.26 Å². The van der Waals surface area contributed by atoms with Crippen LogP contribution in [0.25, 0.3) is 11.3 Å². The van der Waals surface area contributed by atoms with Crippen LogP contribution in [0.2, 0.25) is 0 Å². The van der Waals surface area contributed by atoms with Gasteiger partial charge in [0, 0.05) is 13.2 Å². The minimum atomic E-state index is -4.53. The number of H-pyrrole nitrogens is 1. The fourth-order valence-electron chi connectivity index (χ4n) is 1.40.